The second kappa shape index (κ2) is 8.81. The molecule has 0 aliphatic heterocycles. The van der Waals surface area contributed by atoms with Crippen LogP contribution < -0.4 is 0 Å². The number of carbonyl (C=O) groups excluding carboxylic acids is 1. The quantitative estimate of drug-likeness (QED) is 0.326. The Labute approximate surface area is 169 Å². The molecule has 28 heavy (non-hydrogen) atoms. The van der Waals surface area contributed by atoms with Gasteiger partial charge >= 0.3 is 5.97 Å². The molecule has 0 bridgehead atoms. The molecule has 1 aromatic carbocycles. The summed E-state index contributed by atoms with van der Waals surface area (Å²) in [5.74, 6) is 0.350. The van der Waals surface area contributed by atoms with Crippen molar-refractivity contribution in [1.29, 1.82) is 5.26 Å². The Morgan fingerprint density at radius 3 is 2.64 bits per heavy atom. The van der Waals surface area contributed by atoms with Crippen LogP contribution in [0.2, 0.25) is 0 Å². The van der Waals surface area contributed by atoms with E-state index in [4.69, 9.17) is 4.74 Å². The molecule has 0 unspecified atom stereocenters. The van der Waals surface area contributed by atoms with Gasteiger partial charge in [0.25, 0.3) is 0 Å². The minimum atomic E-state index is -0.391. The number of hydrogen-bond donors (Lipinski definition) is 0. The fourth-order valence-electron chi connectivity index (χ4n) is 2.95. The maximum atomic E-state index is 11.8. The van der Waals surface area contributed by atoms with E-state index in [1.165, 1.54) is 17.2 Å². The first kappa shape index (κ1) is 19.8. The average Bonchev–Trinajstić information content (AvgIpc) is 2.97. The molecule has 3 rings (SSSR count). The zero-order valence-corrected chi connectivity index (χ0v) is 17.0. The van der Waals surface area contributed by atoms with Crippen molar-refractivity contribution in [2.75, 3.05) is 6.61 Å². The van der Waals surface area contributed by atoms with Gasteiger partial charge in [-0.3, -0.25) is 0 Å². The van der Waals surface area contributed by atoms with Gasteiger partial charge in [0.05, 0.1) is 28.3 Å². The molecule has 0 aliphatic rings. The molecule has 0 saturated carbocycles. The van der Waals surface area contributed by atoms with E-state index >= 15 is 0 Å². The number of esters is 1. The lowest BCUT2D eigenvalue weighted by Gasteiger charge is -2.04. The van der Waals surface area contributed by atoms with Gasteiger partial charge in [-0.15, -0.1) is 11.8 Å². The number of aromatic nitrogens is 1. The minimum Gasteiger partial charge on any atom is -0.463 e. The number of benzene rings is 1. The van der Waals surface area contributed by atoms with E-state index in [0.29, 0.717) is 12.2 Å². The molecule has 0 saturated heterocycles. The van der Waals surface area contributed by atoms with Gasteiger partial charge < -0.3 is 9.14 Å². The topological polar surface area (TPSA) is 54.5 Å². The fraction of sp³-hybridized carbons (Fsp3) is 0.217. The molecule has 0 radical (unpaired) electrons. The smallest absolute Gasteiger partial charge is 0.330 e. The zero-order chi connectivity index (χ0) is 20.1. The Balaban J connectivity index is 2.04. The van der Waals surface area contributed by atoms with E-state index < -0.39 is 5.97 Å². The van der Waals surface area contributed by atoms with Crippen LogP contribution in [0.4, 0.5) is 0 Å². The number of carbonyl (C=O) groups is 1. The number of nitriles is 1. The van der Waals surface area contributed by atoms with Crippen molar-refractivity contribution in [2.45, 2.75) is 31.4 Å². The molecular weight excluding hydrogens is 368 g/mol. The van der Waals surface area contributed by atoms with Gasteiger partial charge in [0.15, 0.2) is 0 Å². The molecule has 0 aliphatic carbocycles. The number of rotatable bonds is 6. The van der Waals surface area contributed by atoms with Crippen LogP contribution in [0.25, 0.3) is 11.6 Å². The van der Waals surface area contributed by atoms with Crippen molar-refractivity contribution in [3.8, 4) is 6.07 Å². The van der Waals surface area contributed by atoms with Crippen LogP contribution in [0, 0.1) is 25.2 Å². The summed E-state index contributed by atoms with van der Waals surface area (Å²) in [6.07, 6.45) is 5.09. The highest BCUT2D eigenvalue weighted by Crippen LogP contribution is 2.35. The third kappa shape index (κ3) is 4.29. The molecule has 0 atom stereocenters. The van der Waals surface area contributed by atoms with Crippen molar-refractivity contribution in [1.82, 2.24) is 4.40 Å². The second-order valence-electron chi connectivity index (χ2n) is 6.52. The summed E-state index contributed by atoms with van der Waals surface area (Å²) in [5, 5.41) is 9.82. The Bertz CT molecular complexity index is 1070. The van der Waals surface area contributed by atoms with Crippen molar-refractivity contribution in [2.24, 2.45) is 0 Å². The number of thioether (sulfide) groups is 1. The highest BCUT2D eigenvalue weighted by atomic mass is 32.2. The van der Waals surface area contributed by atoms with E-state index in [-0.39, 0.29) is 0 Å². The standard InChI is InChI=1S/C23H22N2O2S/c1-4-27-22(26)10-9-20-23(28-15-18-7-5-16(2)6-8-18)19(14-24)21-13-17(3)11-12-25(20)21/h5-13H,4,15H2,1-3H3/b10-9+. The van der Waals surface area contributed by atoms with E-state index in [0.717, 1.165) is 27.4 Å². The van der Waals surface area contributed by atoms with E-state index in [1.807, 2.05) is 29.7 Å². The first-order valence-corrected chi connectivity index (χ1v) is 10.1. The number of fused-ring (bicyclic) bond motifs is 1. The molecular formula is C23H22N2O2S. The Kier molecular flexibility index (Phi) is 6.23. The summed E-state index contributed by atoms with van der Waals surface area (Å²) in [6, 6.07) is 14.7. The number of hydrogen-bond acceptors (Lipinski definition) is 4. The Morgan fingerprint density at radius 2 is 1.96 bits per heavy atom. The summed E-state index contributed by atoms with van der Waals surface area (Å²) in [6.45, 7) is 6.17. The van der Waals surface area contributed by atoms with E-state index in [1.54, 1.807) is 24.8 Å². The Morgan fingerprint density at radius 1 is 1.21 bits per heavy atom. The molecule has 3 aromatic rings. The monoisotopic (exact) mass is 390 g/mol. The second-order valence-corrected chi connectivity index (χ2v) is 7.51. The molecule has 0 N–H and O–H groups in total. The molecule has 2 heterocycles. The summed E-state index contributed by atoms with van der Waals surface area (Å²) >= 11 is 1.61. The lowest BCUT2D eigenvalue weighted by atomic mass is 10.2. The summed E-state index contributed by atoms with van der Waals surface area (Å²) in [5.41, 5.74) is 5.77. The van der Waals surface area contributed by atoms with Crippen LogP contribution in [-0.2, 0) is 15.3 Å². The van der Waals surface area contributed by atoms with Crippen LogP contribution in [0.1, 0.15) is 34.9 Å². The van der Waals surface area contributed by atoms with Gasteiger partial charge in [-0.1, -0.05) is 29.8 Å². The van der Waals surface area contributed by atoms with Crippen molar-refractivity contribution in [3.63, 3.8) is 0 Å². The van der Waals surface area contributed by atoms with Gasteiger partial charge in [-0.2, -0.15) is 5.26 Å². The van der Waals surface area contributed by atoms with Gasteiger partial charge in [0, 0.05) is 18.0 Å². The molecule has 142 valence electrons. The number of ether oxygens (including phenoxy) is 1. The van der Waals surface area contributed by atoms with E-state index in [2.05, 4.69) is 37.3 Å². The molecule has 4 nitrogen and oxygen atoms in total. The highest BCUT2D eigenvalue weighted by molar-refractivity contribution is 7.98. The van der Waals surface area contributed by atoms with Crippen LogP contribution in [0.3, 0.4) is 0 Å². The summed E-state index contributed by atoms with van der Waals surface area (Å²) in [7, 11) is 0. The summed E-state index contributed by atoms with van der Waals surface area (Å²) < 4.78 is 6.96. The summed E-state index contributed by atoms with van der Waals surface area (Å²) in [4.78, 5) is 12.7. The largest absolute Gasteiger partial charge is 0.463 e. The lowest BCUT2D eigenvalue weighted by molar-refractivity contribution is -0.137. The number of pyridine rings is 1. The maximum Gasteiger partial charge on any atom is 0.330 e. The van der Waals surface area contributed by atoms with Crippen molar-refractivity contribution in [3.05, 3.63) is 76.6 Å². The average molecular weight is 391 g/mol. The Hall–Kier alpha value is -2.97. The lowest BCUT2D eigenvalue weighted by Crippen LogP contribution is -1.99. The number of nitrogens with zero attached hydrogens (tertiary/aromatic N) is 2. The van der Waals surface area contributed by atoms with Crippen LogP contribution >= 0.6 is 11.8 Å². The third-order valence-electron chi connectivity index (χ3n) is 4.37. The first-order valence-electron chi connectivity index (χ1n) is 9.11. The normalized spacial score (nSPS) is 11.1. The van der Waals surface area contributed by atoms with Crippen LogP contribution in [0.5, 0.6) is 0 Å². The highest BCUT2D eigenvalue weighted by Gasteiger charge is 2.17. The fourth-order valence-corrected chi connectivity index (χ4v) is 4.06. The van der Waals surface area contributed by atoms with E-state index in [9.17, 15) is 10.1 Å². The molecule has 0 spiro atoms. The van der Waals surface area contributed by atoms with Crippen molar-refractivity contribution >= 4 is 29.3 Å². The van der Waals surface area contributed by atoms with Gasteiger partial charge in [0.2, 0.25) is 0 Å². The first-order chi connectivity index (χ1) is 13.5. The van der Waals surface area contributed by atoms with Crippen molar-refractivity contribution < 1.29 is 9.53 Å². The maximum absolute atomic E-state index is 11.8. The molecule has 0 amide bonds. The van der Waals surface area contributed by atoms with Gasteiger partial charge in [0.1, 0.15) is 6.07 Å². The molecule has 0 fully saturated rings. The van der Waals surface area contributed by atoms with Crippen LogP contribution in [0.15, 0.2) is 53.6 Å². The number of aryl methyl sites for hydroxylation is 2. The molecule has 2 aromatic heterocycles. The SMILES string of the molecule is CCOC(=O)/C=C/c1c(SCc2ccc(C)cc2)c(C#N)c2cc(C)ccn12. The third-order valence-corrected chi connectivity index (χ3v) is 5.54. The van der Waals surface area contributed by atoms with Gasteiger partial charge in [-0.25, -0.2) is 4.79 Å². The molecule has 5 heteroatoms. The predicted octanol–water partition coefficient (Wildman–Crippen LogP) is 5.30. The predicted molar refractivity (Wildman–Crippen MR) is 113 cm³/mol. The minimum absolute atomic E-state index is 0.329. The van der Waals surface area contributed by atoms with Gasteiger partial charge in [-0.05, 0) is 50.1 Å². The zero-order valence-electron chi connectivity index (χ0n) is 16.2. The van der Waals surface area contributed by atoms with Crippen LogP contribution in [-0.4, -0.2) is 17.0 Å².